The maximum atomic E-state index is 14.1. The molecule has 0 radical (unpaired) electrons. The quantitative estimate of drug-likeness (QED) is 0.0779. The van der Waals surface area contributed by atoms with Gasteiger partial charge in [0.15, 0.2) is 0 Å². The van der Waals surface area contributed by atoms with Crippen molar-refractivity contribution >= 4 is 39.3 Å². The van der Waals surface area contributed by atoms with Crippen LogP contribution < -0.4 is 10.0 Å². The van der Waals surface area contributed by atoms with Gasteiger partial charge in [0.1, 0.15) is 17.5 Å². The van der Waals surface area contributed by atoms with Crippen LogP contribution in [0.2, 0.25) is 5.02 Å². The molecule has 2 amide bonds. The first-order valence-electron chi connectivity index (χ1n) is 17.8. The average Bonchev–Trinajstić information content (AvgIpc) is 3.11. The third-order valence-electron chi connectivity index (χ3n) is 8.87. The predicted molar refractivity (Wildman–Crippen MR) is 204 cm³/mol. The monoisotopic (exact) mass is 786 g/mol. The number of hydrogen-bond donors (Lipinski definition) is 3. The lowest BCUT2D eigenvalue weighted by atomic mass is 9.76. The zero-order chi connectivity index (χ0) is 39.5. The number of benzene rings is 3. The highest BCUT2D eigenvalue weighted by molar-refractivity contribution is 7.89. The van der Waals surface area contributed by atoms with E-state index >= 15 is 0 Å². The predicted octanol–water partition coefficient (Wildman–Crippen LogP) is 7.20. The van der Waals surface area contributed by atoms with Crippen molar-refractivity contribution in [2.45, 2.75) is 88.0 Å². The molecule has 0 aliphatic carbocycles. The van der Waals surface area contributed by atoms with Crippen LogP contribution in [0.5, 0.6) is 0 Å². The second-order valence-corrected chi connectivity index (χ2v) is 16.5. The molecule has 54 heavy (non-hydrogen) atoms. The zero-order valence-corrected chi connectivity index (χ0v) is 32.4. The molecule has 16 heteroatoms. The number of aliphatic hydroxyl groups is 1. The molecule has 3 aromatic rings. The number of amides is 2. The number of nitrogens with one attached hydrogen (secondary N) is 2. The average molecular weight is 787 g/mol. The molecule has 0 bridgehead atoms. The van der Waals surface area contributed by atoms with Gasteiger partial charge in [-0.1, -0.05) is 47.0 Å². The molecule has 13 nitrogen and oxygen atoms in total. The molecule has 0 unspecified atom stereocenters. The summed E-state index contributed by atoms with van der Waals surface area (Å²) in [4.78, 5) is 31.4. The highest BCUT2D eigenvalue weighted by atomic mass is 35.5. The minimum atomic E-state index is -4.20. The smallest absolute Gasteiger partial charge is 0.410 e. The maximum Gasteiger partial charge on any atom is 0.410 e. The minimum Gasteiger partial charge on any atom is -0.444 e. The van der Waals surface area contributed by atoms with Gasteiger partial charge in [-0.25, -0.2) is 22.3 Å². The molecular weight excluding hydrogens is 739 g/mol. The van der Waals surface area contributed by atoms with E-state index in [1.165, 1.54) is 11.8 Å². The van der Waals surface area contributed by atoms with Gasteiger partial charge in [0.2, 0.25) is 15.9 Å². The molecule has 1 aliphatic heterocycles. The molecule has 4 atom stereocenters. The Morgan fingerprint density at radius 2 is 1.72 bits per heavy atom. The number of rotatable bonds is 16. The van der Waals surface area contributed by atoms with Crippen LogP contribution in [-0.2, 0) is 30.7 Å². The van der Waals surface area contributed by atoms with Crippen LogP contribution in [0.3, 0.4) is 0 Å². The number of carbonyl (C=O) groups excluding carboxylic acids is 2. The second kappa shape index (κ2) is 19.4. The minimum absolute atomic E-state index is 0.0131. The standard InChI is InChI=1S/C38H48ClFN6O7S/c1-25(47)23-46(37(49)53-38(2,3)4)24-31(44-54(50,51)32-17-14-30(40)15-18-32)16-11-26-7-5-6-8-33(26)42-36(48)35(43-45-41)34(28-19-21-52-22-20-28)27-9-12-29(39)13-10-27/h5-10,12-15,17-18,25,28,31,34-35,44,47H,11,16,19-24H2,1-4H3,(H,42,48)/t25-,31-,34-,35-/m0/s1. The number of anilines is 1. The number of ether oxygens (including phenoxy) is 2. The molecule has 1 heterocycles. The Morgan fingerprint density at radius 1 is 1.07 bits per heavy atom. The SMILES string of the molecule is C[C@H](O)CN(C[C@H](CCc1ccccc1NC(=O)[C@@H](N=[N+]=[N-])[C@@H](c1ccc(Cl)cc1)C1CCOCC1)NS(=O)(=O)c1ccc(F)cc1)C(=O)OC(C)(C)C. The number of nitrogens with zero attached hydrogens (tertiary/aromatic N) is 4. The van der Waals surface area contributed by atoms with Gasteiger partial charge in [0, 0.05) is 53.9 Å². The van der Waals surface area contributed by atoms with Gasteiger partial charge in [-0.2, -0.15) is 0 Å². The first kappa shape index (κ1) is 42.5. The third kappa shape index (κ3) is 12.7. The summed E-state index contributed by atoms with van der Waals surface area (Å²) in [5, 5.41) is 17.7. The number of carbonyl (C=O) groups is 2. The second-order valence-electron chi connectivity index (χ2n) is 14.4. The molecule has 4 rings (SSSR count). The molecule has 292 valence electrons. The molecule has 1 fully saturated rings. The molecule has 3 aromatic carbocycles. The lowest BCUT2D eigenvalue weighted by molar-refractivity contribution is -0.118. The van der Waals surface area contributed by atoms with Gasteiger partial charge in [-0.05, 0) is 118 Å². The van der Waals surface area contributed by atoms with Crippen molar-refractivity contribution in [2.75, 3.05) is 31.6 Å². The number of hydrogen-bond acceptors (Lipinski definition) is 8. The van der Waals surface area contributed by atoms with Crippen molar-refractivity contribution in [3.8, 4) is 0 Å². The lowest BCUT2D eigenvalue weighted by Gasteiger charge is -2.34. The fourth-order valence-corrected chi connectivity index (χ4v) is 7.82. The van der Waals surface area contributed by atoms with Gasteiger partial charge in [0.05, 0.1) is 11.0 Å². The van der Waals surface area contributed by atoms with E-state index in [1.807, 2.05) is 12.1 Å². The summed E-state index contributed by atoms with van der Waals surface area (Å²) in [6, 6.07) is 16.4. The van der Waals surface area contributed by atoms with E-state index < -0.39 is 57.5 Å². The Kier molecular flexibility index (Phi) is 15.3. The zero-order valence-electron chi connectivity index (χ0n) is 30.8. The Balaban J connectivity index is 1.62. The number of azide groups is 1. The van der Waals surface area contributed by atoms with Gasteiger partial charge < -0.3 is 24.8 Å². The van der Waals surface area contributed by atoms with Crippen LogP contribution in [0.4, 0.5) is 14.9 Å². The van der Waals surface area contributed by atoms with E-state index in [1.54, 1.807) is 57.2 Å². The Morgan fingerprint density at radius 3 is 2.33 bits per heavy atom. The summed E-state index contributed by atoms with van der Waals surface area (Å²) >= 11 is 6.18. The van der Waals surface area contributed by atoms with Gasteiger partial charge in [0.25, 0.3) is 0 Å². The van der Waals surface area contributed by atoms with Crippen molar-refractivity contribution in [3.63, 3.8) is 0 Å². The summed E-state index contributed by atoms with van der Waals surface area (Å²) in [6.07, 6.45) is -0.0212. The van der Waals surface area contributed by atoms with Crippen LogP contribution >= 0.6 is 11.6 Å². The number of sulfonamides is 1. The van der Waals surface area contributed by atoms with Gasteiger partial charge >= 0.3 is 6.09 Å². The van der Waals surface area contributed by atoms with Crippen molar-refractivity contribution in [2.24, 2.45) is 11.0 Å². The third-order valence-corrected chi connectivity index (χ3v) is 10.7. The van der Waals surface area contributed by atoms with Crippen molar-refractivity contribution < 1.29 is 37.0 Å². The summed E-state index contributed by atoms with van der Waals surface area (Å²) in [6.45, 7) is 7.28. The van der Waals surface area contributed by atoms with Gasteiger partial charge in [-0.3, -0.25) is 4.79 Å². The molecule has 0 saturated carbocycles. The van der Waals surface area contributed by atoms with Crippen molar-refractivity contribution in [1.82, 2.24) is 9.62 Å². The molecule has 0 aromatic heterocycles. The largest absolute Gasteiger partial charge is 0.444 e. The topological polar surface area (TPSA) is 183 Å². The highest BCUT2D eigenvalue weighted by Crippen LogP contribution is 2.37. The van der Waals surface area contributed by atoms with E-state index in [9.17, 15) is 33.0 Å². The number of halogens is 2. The van der Waals surface area contributed by atoms with Crippen LogP contribution in [0.15, 0.2) is 82.8 Å². The highest BCUT2D eigenvalue weighted by Gasteiger charge is 2.36. The Bertz CT molecular complexity index is 1860. The van der Waals surface area contributed by atoms with Crippen LogP contribution in [0.25, 0.3) is 10.4 Å². The molecule has 3 N–H and O–H groups in total. The molecular formula is C38H48ClFN6O7S. The fraction of sp³-hybridized carbons (Fsp3) is 0.474. The van der Waals surface area contributed by atoms with Crippen LogP contribution in [0.1, 0.15) is 64.0 Å². The molecule has 1 aliphatic rings. The molecule has 1 saturated heterocycles. The van der Waals surface area contributed by atoms with Gasteiger partial charge in [-0.15, -0.1) is 0 Å². The van der Waals surface area contributed by atoms with E-state index in [0.717, 1.165) is 29.8 Å². The number of para-hydroxylation sites is 1. The number of aryl methyl sites for hydroxylation is 1. The Labute approximate surface area is 320 Å². The van der Waals surface area contributed by atoms with E-state index in [2.05, 4.69) is 20.1 Å². The fourth-order valence-electron chi connectivity index (χ4n) is 6.44. The Hall–Kier alpha value is -4.24. The summed E-state index contributed by atoms with van der Waals surface area (Å²) < 4.78 is 54.5. The normalized spacial score (nSPS) is 16.0. The summed E-state index contributed by atoms with van der Waals surface area (Å²) in [5.74, 6) is -1.60. The first-order chi connectivity index (χ1) is 25.6. The summed E-state index contributed by atoms with van der Waals surface area (Å²) in [5.41, 5.74) is 10.6. The van der Waals surface area contributed by atoms with Crippen molar-refractivity contribution in [3.05, 3.63) is 105 Å². The van der Waals surface area contributed by atoms with Crippen molar-refractivity contribution in [1.29, 1.82) is 0 Å². The van der Waals surface area contributed by atoms with Crippen LogP contribution in [0, 0.1) is 11.7 Å². The van der Waals surface area contributed by atoms with E-state index in [0.29, 0.717) is 42.3 Å². The molecule has 0 spiro atoms. The first-order valence-corrected chi connectivity index (χ1v) is 19.6. The van der Waals surface area contributed by atoms with E-state index in [4.69, 9.17) is 21.1 Å². The maximum absolute atomic E-state index is 14.1. The van der Waals surface area contributed by atoms with Crippen LogP contribution in [-0.4, -0.2) is 80.5 Å². The number of aliphatic hydroxyl groups excluding tert-OH is 1. The summed E-state index contributed by atoms with van der Waals surface area (Å²) in [7, 11) is -4.20. The van der Waals surface area contributed by atoms with E-state index in [-0.39, 0.29) is 36.7 Å². The lowest BCUT2D eigenvalue weighted by Crippen LogP contribution is -2.49.